The summed E-state index contributed by atoms with van der Waals surface area (Å²) in [4.78, 5) is 23.8. The Hall–Kier alpha value is -1.58. The molecule has 4 nitrogen and oxygen atoms in total. The zero-order chi connectivity index (χ0) is 13.4. The number of rotatable bonds is 2. The molecule has 0 aromatic rings. The molecule has 0 heterocycles. The van der Waals surface area contributed by atoms with Gasteiger partial charge in [-0.15, -0.1) is 0 Å². The van der Waals surface area contributed by atoms with Gasteiger partial charge in [0.2, 0.25) is 0 Å². The number of methoxy groups -OCH3 is 2. The highest BCUT2D eigenvalue weighted by Crippen LogP contribution is 2.54. The highest BCUT2D eigenvalue weighted by atomic mass is 16.5. The monoisotopic (exact) mass is 250 g/mol. The summed E-state index contributed by atoms with van der Waals surface area (Å²) in [6.45, 7) is 4.05. The minimum absolute atomic E-state index is 0.0431. The van der Waals surface area contributed by atoms with Crippen molar-refractivity contribution in [3.63, 3.8) is 0 Å². The number of carbonyl (C=O) groups excluding carboxylic acids is 2. The van der Waals surface area contributed by atoms with Gasteiger partial charge in [0.05, 0.1) is 25.4 Å². The van der Waals surface area contributed by atoms with Gasteiger partial charge in [0.15, 0.2) is 0 Å². The third-order valence-corrected chi connectivity index (χ3v) is 3.87. The lowest BCUT2D eigenvalue weighted by molar-refractivity contribution is -0.140. The predicted octanol–water partition coefficient (Wildman–Crippen LogP) is 2.01. The van der Waals surface area contributed by atoms with Crippen molar-refractivity contribution in [1.82, 2.24) is 0 Å². The summed E-state index contributed by atoms with van der Waals surface area (Å²) < 4.78 is 9.63. The highest BCUT2D eigenvalue weighted by Gasteiger charge is 2.49. The summed E-state index contributed by atoms with van der Waals surface area (Å²) in [5.41, 5.74) is 3.41. The van der Waals surface area contributed by atoms with Gasteiger partial charge >= 0.3 is 11.9 Å². The van der Waals surface area contributed by atoms with E-state index >= 15 is 0 Å². The van der Waals surface area contributed by atoms with Crippen molar-refractivity contribution in [1.29, 1.82) is 0 Å². The molecule has 4 heteroatoms. The maximum absolute atomic E-state index is 11.9. The standard InChI is InChI=1S/C14H18O4/c1-7(2)10-8-5-6-9(10)12(14(16)18-4)11(8)13(15)17-3/h8-9H,5-6H2,1-4H3/t8-,9+. The van der Waals surface area contributed by atoms with Crippen molar-refractivity contribution in [3.8, 4) is 0 Å². The molecular formula is C14H18O4. The molecule has 0 aliphatic heterocycles. The molecule has 2 rings (SSSR count). The zero-order valence-corrected chi connectivity index (χ0v) is 11.2. The molecular weight excluding hydrogens is 232 g/mol. The van der Waals surface area contributed by atoms with E-state index in [1.807, 2.05) is 13.8 Å². The smallest absolute Gasteiger partial charge is 0.334 e. The first-order chi connectivity index (χ1) is 8.52. The second-order valence-corrected chi connectivity index (χ2v) is 4.95. The molecule has 2 aliphatic carbocycles. The van der Waals surface area contributed by atoms with E-state index in [9.17, 15) is 9.59 Å². The van der Waals surface area contributed by atoms with Gasteiger partial charge in [-0.05, 0) is 26.7 Å². The summed E-state index contributed by atoms with van der Waals surface area (Å²) in [6.07, 6.45) is 1.83. The van der Waals surface area contributed by atoms with Crippen molar-refractivity contribution in [2.24, 2.45) is 11.8 Å². The molecule has 18 heavy (non-hydrogen) atoms. The average Bonchev–Trinajstić information content (AvgIpc) is 2.91. The van der Waals surface area contributed by atoms with Crippen LogP contribution in [0, 0.1) is 11.8 Å². The Labute approximate surface area is 107 Å². The third-order valence-electron chi connectivity index (χ3n) is 3.87. The van der Waals surface area contributed by atoms with Crippen LogP contribution in [0.1, 0.15) is 26.7 Å². The normalized spacial score (nSPS) is 25.4. The maximum atomic E-state index is 11.9. The lowest BCUT2D eigenvalue weighted by atomic mass is 9.92. The predicted molar refractivity (Wildman–Crippen MR) is 65.6 cm³/mol. The number of hydrogen-bond donors (Lipinski definition) is 0. The zero-order valence-electron chi connectivity index (χ0n) is 11.2. The molecule has 2 aliphatic rings. The third kappa shape index (κ3) is 1.67. The average molecular weight is 250 g/mol. The van der Waals surface area contributed by atoms with Crippen LogP contribution in [0.3, 0.4) is 0 Å². The van der Waals surface area contributed by atoms with E-state index < -0.39 is 11.9 Å². The molecule has 2 bridgehead atoms. The summed E-state index contributed by atoms with van der Waals surface area (Å²) in [5.74, 6) is -0.717. The first-order valence-corrected chi connectivity index (χ1v) is 6.10. The minimum Gasteiger partial charge on any atom is -0.466 e. The van der Waals surface area contributed by atoms with Crippen LogP contribution >= 0.6 is 0 Å². The van der Waals surface area contributed by atoms with E-state index in [0.29, 0.717) is 11.1 Å². The van der Waals surface area contributed by atoms with Crippen LogP contribution in [-0.2, 0) is 19.1 Å². The maximum Gasteiger partial charge on any atom is 0.334 e. The minimum atomic E-state index is -0.402. The summed E-state index contributed by atoms with van der Waals surface area (Å²) in [5, 5.41) is 0. The Bertz CT molecular complexity index is 430. The van der Waals surface area contributed by atoms with Crippen molar-refractivity contribution in [2.45, 2.75) is 26.7 Å². The Morgan fingerprint density at radius 2 is 1.33 bits per heavy atom. The summed E-state index contributed by atoms with van der Waals surface area (Å²) in [7, 11) is 2.69. The molecule has 1 fully saturated rings. The molecule has 0 aromatic heterocycles. The van der Waals surface area contributed by atoms with Gasteiger partial charge in [-0.3, -0.25) is 0 Å². The van der Waals surface area contributed by atoms with Gasteiger partial charge in [-0.1, -0.05) is 11.1 Å². The lowest BCUT2D eigenvalue weighted by Crippen LogP contribution is -2.19. The van der Waals surface area contributed by atoms with E-state index in [1.54, 1.807) is 0 Å². The second-order valence-electron chi connectivity index (χ2n) is 4.95. The van der Waals surface area contributed by atoms with Gasteiger partial charge in [0.25, 0.3) is 0 Å². The summed E-state index contributed by atoms with van der Waals surface area (Å²) >= 11 is 0. The summed E-state index contributed by atoms with van der Waals surface area (Å²) in [6, 6.07) is 0. The largest absolute Gasteiger partial charge is 0.466 e. The van der Waals surface area contributed by atoms with Gasteiger partial charge in [-0.2, -0.15) is 0 Å². The van der Waals surface area contributed by atoms with Crippen LogP contribution in [0.2, 0.25) is 0 Å². The van der Waals surface area contributed by atoms with Gasteiger partial charge in [-0.25, -0.2) is 9.59 Å². The van der Waals surface area contributed by atoms with Gasteiger partial charge < -0.3 is 9.47 Å². The fourth-order valence-electron chi connectivity index (χ4n) is 3.28. The lowest BCUT2D eigenvalue weighted by Gasteiger charge is -2.15. The van der Waals surface area contributed by atoms with E-state index in [-0.39, 0.29) is 11.8 Å². The first kappa shape index (κ1) is 12.9. The number of esters is 2. The molecule has 0 saturated heterocycles. The second kappa shape index (κ2) is 4.59. The van der Waals surface area contributed by atoms with Gasteiger partial charge in [0.1, 0.15) is 0 Å². The number of carbonyl (C=O) groups is 2. The number of allylic oxidation sites excluding steroid dienone is 2. The van der Waals surface area contributed by atoms with Crippen LogP contribution in [0.5, 0.6) is 0 Å². The fourth-order valence-corrected chi connectivity index (χ4v) is 3.28. The SMILES string of the molecule is COC(=O)C1=C(C(=O)OC)[C@@H]2CC[C@H]1C2=C(C)C. The van der Waals surface area contributed by atoms with Crippen molar-refractivity contribution in [3.05, 3.63) is 22.3 Å². The molecule has 98 valence electrons. The van der Waals surface area contributed by atoms with Crippen LogP contribution in [-0.4, -0.2) is 26.2 Å². The van der Waals surface area contributed by atoms with E-state index in [2.05, 4.69) is 0 Å². The number of fused-ring (bicyclic) bond motifs is 2. The molecule has 1 saturated carbocycles. The van der Waals surface area contributed by atoms with E-state index in [1.165, 1.54) is 25.4 Å². The number of hydrogen-bond acceptors (Lipinski definition) is 4. The van der Waals surface area contributed by atoms with Gasteiger partial charge in [0, 0.05) is 11.8 Å². The fraction of sp³-hybridized carbons (Fsp3) is 0.571. The molecule has 0 spiro atoms. The Balaban J connectivity index is 2.55. The quantitative estimate of drug-likeness (QED) is 0.555. The Morgan fingerprint density at radius 1 is 0.944 bits per heavy atom. The highest BCUT2D eigenvalue weighted by molar-refractivity contribution is 6.04. The van der Waals surface area contributed by atoms with Crippen LogP contribution < -0.4 is 0 Å². The molecule has 0 unspecified atom stereocenters. The van der Waals surface area contributed by atoms with Crippen LogP contribution in [0.15, 0.2) is 22.3 Å². The topological polar surface area (TPSA) is 52.6 Å². The Kier molecular flexibility index (Phi) is 3.28. The van der Waals surface area contributed by atoms with E-state index in [4.69, 9.17) is 9.47 Å². The number of ether oxygens (including phenoxy) is 2. The van der Waals surface area contributed by atoms with Crippen molar-refractivity contribution >= 4 is 11.9 Å². The first-order valence-electron chi connectivity index (χ1n) is 6.10. The Morgan fingerprint density at radius 3 is 1.61 bits per heavy atom. The molecule has 0 amide bonds. The van der Waals surface area contributed by atoms with E-state index in [0.717, 1.165) is 12.8 Å². The van der Waals surface area contributed by atoms with Crippen molar-refractivity contribution < 1.29 is 19.1 Å². The molecule has 0 aromatic carbocycles. The molecule has 0 N–H and O–H groups in total. The van der Waals surface area contributed by atoms with Crippen LogP contribution in [0.25, 0.3) is 0 Å². The molecule has 2 atom stereocenters. The molecule has 0 radical (unpaired) electrons. The van der Waals surface area contributed by atoms with Crippen molar-refractivity contribution in [2.75, 3.05) is 14.2 Å². The van der Waals surface area contributed by atoms with Crippen LogP contribution in [0.4, 0.5) is 0 Å².